The van der Waals surface area contributed by atoms with Crippen molar-refractivity contribution in [1.82, 2.24) is 4.90 Å². The minimum Gasteiger partial charge on any atom is -0.336 e. The molecule has 104 valence electrons. The zero-order valence-electron chi connectivity index (χ0n) is 10.9. The van der Waals surface area contributed by atoms with Gasteiger partial charge in [-0.15, -0.1) is 0 Å². The van der Waals surface area contributed by atoms with Gasteiger partial charge in [-0.1, -0.05) is 11.6 Å². The number of carbonyl (C=O) groups is 1. The van der Waals surface area contributed by atoms with Crippen LogP contribution in [0.4, 0.5) is 0 Å². The van der Waals surface area contributed by atoms with Gasteiger partial charge in [0.05, 0.1) is 10.5 Å². The van der Waals surface area contributed by atoms with E-state index in [4.69, 9.17) is 10.7 Å². The number of halogens is 1. The summed E-state index contributed by atoms with van der Waals surface area (Å²) in [5, 5.41) is 0. The molecule has 4 nitrogen and oxygen atoms in total. The van der Waals surface area contributed by atoms with Gasteiger partial charge in [0, 0.05) is 23.3 Å². The van der Waals surface area contributed by atoms with E-state index in [-0.39, 0.29) is 22.4 Å². The standard InChI is InChI=1S/C13H16ClNO3S/c1-9-5-6-12(19(14,17)18)11(8-9)13(16)15-7-3-4-10(15)2/h5-6,8,10H,3-4,7H2,1-2H3. The fraction of sp³-hybridized carbons (Fsp3) is 0.462. The van der Waals surface area contributed by atoms with Crippen LogP contribution in [0, 0.1) is 6.92 Å². The molecule has 0 N–H and O–H groups in total. The van der Waals surface area contributed by atoms with Crippen molar-refractivity contribution in [2.24, 2.45) is 0 Å². The lowest BCUT2D eigenvalue weighted by Gasteiger charge is -2.22. The van der Waals surface area contributed by atoms with E-state index < -0.39 is 9.05 Å². The number of benzene rings is 1. The second-order valence-corrected chi connectivity index (χ2v) is 7.46. The van der Waals surface area contributed by atoms with Crippen molar-refractivity contribution >= 4 is 25.6 Å². The SMILES string of the molecule is Cc1ccc(S(=O)(=O)Cl)c(C(=O)N2CCCC2C)c1. The van der Waals surface area contributed by atoms with E-state index in [2.05, 4.69) is 0 Å². The number of amides is 1. The lowest BCUT2D eigenvalue weighted by molar-refractivity contribution is 0.0743. The van der Waals surface area contributed by atoms with Crippen LogP contribution in [0.1, 0.15) is 35.7 Å². The Hall–Kier alpha value is -1.07. The molecular weight excluding hydrogens is 286 g/mol. The van der Waals surface area contributed by atoms with E-state index in [9.17, 15) is 13.2 Å². The van der Waals surface area contributed by atoms with Crippen LogP contribution in [0.25, 0.3) is 0 Å². The third kappa shape index (κ3) is 2.92. The average molecular weight is 302 g/mol. The second-order valence-electron chi connectivity index (χ2n) is 4.93. The summed E-state index contributed by atoms with van der Waals surface area (Å²) in [4.78, 5) is 14.1. The molecule has 1 aliphatic heterocycles. The highest BCUT2D eigenvalue weighted by molar-refractivity contribution is 8.13. The Morgan fingerprint density at radius 3 is 2.63 bits per heavy atom. The van der Waals surface area contributed by atoms with E-state index >= 15 is 0 Å². The largest absolute Gasteiger partial charge is 0.336 e. The summed E-state index contributed by atoms with van der Waals surface area (Å²) in [5.74, 6) is -0.257. The minimum absolute atomic E-state index is 0.108. The Balaban J connectivity index is 2.49. The highest BCUT2D eigenvalue weighted by Crippen LogP contribution is 2.26. The van der Waals surface area contributed by atoms with Crippen LogP contribution < -0.4 is 0 Å². The van der Waals surface area contributed by atoms with Gasteiger partial charge in [-0.05, 0) is 38.8 Å². The van der Waals surface area contributed by atoms with Crippen molar-refractivity contribution in [3.05, 3.63) is 29.3 Å². The molecule has 0 spiro atoms. The minimum atomic E-state index is -3.92. The molecule has 1 aliphatic rings. The van der Waals surface area contributed by atoms with Gasteiger partial charge in [-0.2, -0.15) is 0 Å². The Labute approximate surface area is 117 Å². The van der Waals surface area contributed by atoms with Crippen LogP contribution in [0.2, 0.25) is 0 Å². The molecule has 1 atom stereocenters. The normalized spacial score (nSPS) is 19.7. The van der Waals surface area contributed by atoms with Crippen molar-refractivity contribution in [3.63, 3.8) is 0 Å². The predicted molar refractivity (Wildman–Crippen MR) is 74.0 cm³/mol. The number of aryl methyl sites for hydroxylation is 1. The highest BCUT2D eigenvalue weighted by Gasteiger charge is 2.29. The molecular formula is C13H16ClNO3S. The van der Waals surface area contributed by atoms with Crippen LogP contribution >= 0.6 is 10.7 Å². The summed E-state index contributed by atoms with van der Waals surface area (Å²) < 4.78 is 23.1. The Morgan fingerprint density at radius 2 is 2.11 bits per heavy atom. The molecule has 0 bridgehead atoms. The van der Waals surface area contributed by atoms with Gasteiger partial charge in [0.15, 0.2) is 0 Å². The van der Waals surface area contributed by atoms with Crippen molar-refractivity contribution in [2.75, 3.05) is 6.54 Å². The lowest BCUT2D eigenvalue weighted by atomic mass is 10.1. The van der Waals surface area contributed by atoms with E-state index in [0.717, 1.165) is 18.4 Å². The van der Waals surface area contributed by atoms with Gasteiger partial charge in [-0.25, -0.2) is 8.42 Å². The van der Waals surface area contributed by atoms with Crippen LogP contribution in [-0.4, -0.2) is 31.8 Å². The number of nitrogens with zero attached hydrogens (tertiary/aromatic N) is 1. The van der Waals surface area contributed by atoms with Crippen molar-refractivity contribution in [2.45, 2.75) is 37.6 Å². The first kappa shape index (κ1) is 14.3. The van der Waals surface area contributed by atoms with Crippen LogP contribution in [-0.2, 0) is 9.05 Å². The Bertz CT molecular complexity index is 612. The molecule has 0 radical (unpaired) electrons. The monoisotopic (exact) mass is 301 g/mol. The summed E-state index contributed by atoms with van der Waals surface area (Å²) in [7, 11) is 1.49. The van der Waals surface area contributed by atoms with Crippen molar-refractivity contribution in [1.29, 1.82) is 0 Å². The van der Waals surface area contributed by atoms with Gasteiger partial charge >= 0.3 is 0 Å². The molecule has 1 saturated heterocycles. The summed E-state index contributed by atoms with van der Waals surface area (Å²) in [6.45, 7) is 4.44. The molecule has 19 heavy (non-hydrogen) atoms. The maximum Gasteiger partial charge on any atom is 0.262 e. The number of likely N-dealkylation sites (tertiary alicyclic amines) is 1. The van der Waals surface area contributed by atoms with E-state index in [0.29, 0.717) is 6.54 Å². The number of rotatable bonds is 2. The number of carbonyl (C=O) groups excluding carboxylic acids is 1. The predicted octanol–water partition coefficient (Wildman–Crippen LogP) is 2.55. The third-order valence-corrected chi connectivity index (χ3v) is 4.82. The van der Waals surface area contributed by atoms with E-state index in [1.165, 1.54) is 6.07 Å². The van der Waals surface area contributed by atoms with Gasteiger partial charge in [0.2, 0.25) is 0 Å². The van der Waals surface area contributed by atoms with Gasteiger partial charge in [0.25, 0.3) is 15.0 Å². The summed E-state index contributed by atoms with van der Waals surface area (Å²) in [6, 6.07) is 4.76. The van der Waals surface area contributed by atoms with E-state index in [1.54, 1.807) is 17.0 Å². The number of hydrogen-bond acceptors (Lipinski definition) is 3. The molecule has 0 aliphatic carbocycles. The maximum atomic E-state index is 12.5. The molecule has 2 rings (SSSR count). The smallest absolute Gasteiger partial charge is 0.262 e. The van der Waals surface area contributed by atoms with Crippen LogP contribution in [0.15, 0.2) is 23.1 Å². The molecule has 6 heteroatoms. The highest BCUT2D eigenvalue weighted by atomic mass is 35.7. The number of hydrogen-bond donors (Lipinski definition) is 0. The Kier molecular flexibility index (Phi) is 3.87. The molecule has 1 fully saturated rings. The fourth-order valence-electron chi connectivity index (χ4n) is 2.41. The Morgan fingerprint density at radius 1 is 1.42 bits per heavy atom. The van der Waals surface area contributed by atoms with Gasteiger partial charge in [-0.3, -0.25) is 4.79 Å². The van der Waals surface area contributed by atoms with Crippen LogP contribution in [0.5, 0.6) is 0 Å². The van der Waals surface area contributed by atoms with Crippen LogP contribution in [0.3, 0.4) is 0 Å². The zero-order valence-corrected chi connectivity index (χ0v) is 12.5. The first-order valence-corrected chi connectivity index (χ1v) is 8.48. The first-order chi connectivity index (χ1) is 8.80. The van der Waals surface area contributed by atoms with Gasteiger partial charge in [0.1, 0.15) is 0 Å². The molecule has 0 saturated carbocycles. The fourth-order valence-corrected chi connectivity index (χ4v) is 3.46. The third-order valence-electron chi connectivity index (χ3n) is 3.44. The molecule has 1 aromatic carbocycles. The molecule has 0 aromatic heterocycles. The molecule has 1 heterocycles. The summed E-state index contributed by atoms with van der Waals surface area (Å²) in [6.07, 6.45) is 1.89. The maximum absolute atomic E-state index is 12.5. The second kappa shape index (κ2) is 5.13. The first-order valence-electron chi connectivity index (χ1n) is 6.17. The quantitative estimate of drug-likeness (QED) is 0.789. The zero-order chi connectivity index (χ0) is 14.2. The lowest BCUT2D eigenvalue weighted by Crippen LogP contribution is -2.34. The van der Waals surface area contributed by atoms with Crippen molar-refractivity contribution in [3.8, 4) is 0 Å². The molecule has 1 aromatic rings. The van der Waals surface area contributed by atoms with Crippen molar-refractivity contribution < 1.29 is 13.2 Å². The summed E-state index contributed by atoms with van der Waals surface area (Å²) in [5.41, 5.74) is 1.00. The van der Waals surface area contributed by atoms with Gasteiger partial charge < -0.3 is 4.90 Å². The average Bonchev–Trinajstić information content (AvgIpc) is 2.72. The van der Waals surface area contributed by atoms with E-state index in [1.807, 2.05) is 13.8 Å². The molecule has 1 amide bonds. The topological polar surface area (TPSA) is 54.5 Å². The molecule has 1 unspecified atom stereocenters. The summed E-state index contributed by atoms with van der Waals surface area (Å²) >= 11 is 0.